The molecular formula is C13H22N2O2. The average molecular weight is 238 g/mol. The van der Waals surface area contributed by atoms with Crippen LogP contribution in [0.3, 0.4) is 0 Å². The monoisotopic (exact) mass is 238 g/mol. The standard InChI is InChI=1S/C13H22N2O2/c1-9(10-5-3-4-6-10)14-11-7-8-12(16)15(2)13(11)17/h9-11,14H,3-8H2,1-2H3. The number of carbonyl (C=O) groups is 2. The topological polar surface area (TPSA) is 49.4 Å². The number of likely N-dealkylation sites (N-methyl/N-ethyl adjacent to an activating group) is 1. The van der Waals surface area contributed by atoms with E-state index in [9.17, 15) is 9.59 Å². The molecule has 0 spiro atoms. The zero-order valence-electron chi connectivity index (χ0n) is 10.7. The van der Waals surface area contributed by atoms with E-state index in [2.05, 4.69) is 12.2 Å². The fraction of sp³-hybridized carbons (Fsp3) is 0.846. The number of hydrogen-bond donors (Lipinski definition) is 1. The Morgan fingerprint density at radius 2 is 1.88 bits per heavy atom. The molecule has 2 atom stereocenters. The van der Waals surface area contributed by atoms with E-state index in [1.165, 1.54) is 30.6 Å². The molecule has 96 valence electrons. The summed E-state index contributed by atoms with van der Waals surface area (Å²) < 4.78 is 0. The highest BCUT2D eigenvalue weighted by Crippen LogP contribution is 2.28. The van der Waals surface area contributed by atoms with E-state index in [0.29, 0.717) is 24.8 Å². The summed E-state index contributed by atoms with van der Waals surface area (Å²) in [5, 5.41) is 3.42. The van der Waals surface area contributed by atoms with Crippen molar-refractivity contribution in [2.45, 2.75) is 57.5 Å². The molecule has 0 aromatic heterocycles. The van der Waals surface area contributed by atoms with Crippen LogP contribution in [0.4, 0.5) is 0 Å². The molecule has 1 aliphatic heterocycles. The Labute approximate surface area is 103 Å². The van der Waals surface area contributed by atoms with E-state index in [1.807, 2.05) is 0 Å². The maximum Gasteiger partial charge on any atom is 0.246 e. The molecule has 0 aromatic carbocycles. The van der Waals surface area contributed by atoms with Gasteiger partial charge in [-0.15, -0.1) is 0 Å². The van der Waals surface area contributed by atoms with Gasteiger partial charge in [0.25, 0.3) is 0 Å². The molecule has 2 aliphatic rings. The lowest BCUT2D eigenvalue weighted by atomic mass is 9.96. The lowest BCUT2D eigenvalue weighted by molar-refractivity contribution is -0.148. The second kappa shape index (κ2) is 5.17. The van der Waals surface area contributed by atoms with Gasteiger partial charge in [-0.2, -0.15) is 0 Å². The number of likely N-dealkylation sites (tertiary alicyclic amines) is 1. The SMILES string of the molecule is CC(NC1CCC(=O)N(C)C1=O)C1CCCC1. The van der Waals surface area contributed by atoms with Crippen molar-refractivity contribution in [2.24, 2.45) is 5.92 Å². The molecule has 2 amide bonds. The lowest BCUT2D eigenvalue weighted by Gasteiger charge is -2.32. The third-order valence-corrected chi connectivity index (χ3v) is 4.22. The summed E-state index contributed by atoms with van der Waals surface area (Å²) >= 11 is 0. The predicted octanol–water partition coefficient (Wildman–Crippen LogP) is 1.30. The Hall–Kier alpha value is -0.900. The number of carbonyl (C=O) groups excluding carboxylic acids is 2. The van der Waals surface area contributed by atoms with Crippen LogP contribution in [-0.2, 0) is 9.59 Å². The van der Waals surface area contributed by atoms with Crippen molar-refractivity contribution < 1.29 is 9.59 Å². The maximum absolute atomic E-state index is 11.9. The average Bonchev–Trinajstić information content (AvgIpc) is 2.83. The molecule has 0 aromatic rings. The van der Waals surface area contributed by atoms with Gasteiger partial charge in [0.1, 0.15) is 0 Å². The molecule has 17 heavy (non-hydrogen) atoms. The van der Waals surface area contributed by atoms with Crippen molar-refractivity contribution in [1.82, 2.24) is 10.2 Å². The van der Waals surface area contributed by atoms with E-state index < -0.39 is 0 Å². The van der Waals surface area contributed by atoms with Crippen LogP contribution in [0.15, 0.2) is 0 Å². The Morgan fingerprint density at radius 3 is 2.53 bits per heavy atom. The first kappa shape index (κ1) is 12.6. The minimum absolute atomic E-state index is 0.0541. The number of imide groups is 1. The summed E-state index contributed by atoms with van der Waals surface area (Å²) in [6.45, 7) is 2.17. The fourth-order valence-corrected chi connectivity index (χ4v) is 2.98. The van der Waals surface area contributed by atoms with Gasteiger partial charge in [0.15, 0.2) is 0 Å². The van der Waals surface area contributed by atoms with Gasteiger partial charge in [0, 0.05) is 19.5 Å². The number of nitrogens with one attached hydrogen (secondary N) is 1. The summed E-state index contributed by atoms with van der Waals surface area (Å²) in [7, 11) is 1.58. The number of rotatable bonds is 3. The first-order chi connectivity index (χ1) is 8.09. The lowest BCUT2D eigenvalue weighted by Crippen LogP contribution is -2.54. The van der Waals surface area contributed by atoms with Gasteiger partial charge in [-0.25, -0.2) is 0 Å². The summed E-state index contributed by atoms with van der Waals surface area (Å²) in [5.41, 5.74) is 0. The van der Waals surface area contributed by atoms with Crippen LogP contribution in [0.2, 0.25) is 0 Å². The van der Waals surface area contributed by atoms with Gasteiger partial charge in [0.2, 0.25) is 11.8 Å². The molecule has 0 bridgehead atoms. The van der Waals surface area contributed by atoms with Gasteiger partial charge < -0.3 is 5.32 Å². The molecule has 1 saturated heterocycles. The molecular weight excluding hydrogens is 216 g/mol. The van der Waals surface area contributed by atoms with Crippen LogP contribution in [0, 0.1) is 5.92 Å². The normalized spacial score (nSPS) is 28.8. The van der Waals surface area contributed by atoms with Crippen LogP contribution in [0.25, 0.3) is 0 Å². The number of amides is 2. The van der Waals surface area contributed by atoms with Gasteiger partial charge in [-0.1, -0.05) is 12.8 Å². The minimum Gasteiger partial charge on any atom is -0.303 e. The van der Waals surface area contributed by atoms with E-state index >= 15 is 0 Å². The first-order valence-electron chi connectivity index (χ1n) is 6.66. The fourth-order valence-electron chi connectivity index (χ4n) is 2.98. The summed E-state index contributed by atoms with van der Waals surface area (Å²) in [4.78, 5) is 24.6. The molecule has 2 rings (SSSR count). The summed E-state index contributed by atoms with van der Waals surface area (Å²) in [6.07, 6.45) is 6.30. The highest BCUT2D eigenvalue weighted by molar-refractivity contribution is 6.00. The molecule has 4 nitrogen and oxygen atoms in total. The van der Waals surface area contributed by atoms with Gasteiger partial charge in [0.05, 0.1) is 6.04 Å². The van der Waals surface area contributed by atoms with Crippen molar-refractivity contribution in [2.75, 3.05) is 7.05 Å². The molecule has 0 radical (unpaired) electrons. The van der Waals surface area contributed by atoms with Crippen LogP contribution < -0.4 is 5.32 Å². The molecule has 1 heterocycles. The van der Waals surface area contributed by atoms with E-state index in [4.69, 9.17) is 0 Å². The Bertz CT molecular complexity index is 311. The molecule has 1 aliphatic carbocycles. The van der Waals surface area contributed by atoms with Crippen molar-refractivity contribution >= 4 is 11.8 Å². The van der Waals surface area contributed by atoms with Crippen molar-refractivity contribution in [3.63, 3.8) is 0 Å². The van der Waals surface area contributed by atoms with Crippen molar-refractivity contribution in [3.8, 4) is 0 Å². The second-order valence-electron chi connectivity index (χ2n) is 5.38. The second-order valence-corrected chi connectivity index (χ2v) is 5.38. The quantitative estimate of drug-likeness (QED) is 0.754. The third-order valence-electron chi connectivity index (χ3n) is 4.22. The molecule has 4 heteroatoms. The number of piperidine rings is 1. The predicted molar refractivity (Wildman–Crippen MR) is 65.4 cm³/mol. The molecule has 1 saturated carbocycles. The summed E-state index contributed by atoms with van der Waals surface area (Å²) in [5.74, 6) is 0.582. The Morgan fingerprint density at radius 1 is 1.24 bits per heavy atom. The van der Waals surface area contributed by atoms with Crippen LogP contribution in [-0.4, -0.2) is 35.8 Å². The number of hydrogen-bond acceptors (Lipinski definition) is 3. The minimum atomic E-state index is -0.159. The van der Waals surface area contributed by atoms with E-state index in [0.717, 1.165) is 0 Å². The molecule has 2 fully saturated rings. The van der Waals surface area contributed by atoms with Gasteiger partial charge >= 0.3 is 0 Å². The number of nitrogens with zero attached hydrogens (tertiary/aromatic N) is 1. The van der Waals surface area contributed by atoms with Crippen LogP contribution in [0.5, 0.6) is 0 Å². The zero-order chi connectivity index (χ0) is 12.4. The molecule has 2 unspecified atom stereocenters. The third kappa shape index (κ3) is 2.68. The van der Waals surface area contributed by atoms with Gasteiger partial charge in [-0.05, 0) is 32.1 Å². The summed E-state index contributed by atoms with van der Waals surface area (Å²) in [6, 6.07) is 0.223. The first-order valence-corrected chi connectivity index (χ1v) is 6.66. The molecule has 1 N–H and O–H groups in total. The van der Waals surface area contributed by atoms with Crippen LogP contribution >= 0.6 is 0 Å². The maximum atomic E-state index is 11.9. The van der Waals surface area contributed by atoms with Crippen molar-refractivity contribution in [1.29, 1.82) is 0 Å². The highest BCUT2D eigenvalue weighted by Gasteiger charge is 2.33. The Kier molecular flexibility index (Phi) is 3.82. The van der Waals surface area contributed by atoms with Crippen molar-refractivity contribution in [3.05, 3.63) is 0 Å². The van der Waals surface area contributed by atoms with E-state index in [1.54, 1.807) is 7.05 Å². The zero-order valence-corrected chi connectivity index (χ0v) is 10.7. The smallest absolute Gasteiger partial charge is 0.246 e. The van der Waals surface area contributed by atoms with Gasteiger partial charge in [-0.3, -0.25) is 14.5 Å². The van der Waals surface area contributed by atoms with E-state index in [-0.39, 0.29) is 17.9 Å². The van der Waals surface area contributed by atoms with Crippen LogP contribution in [0.1, 0.15) is 45.4 Å². The highest BCUT2D eigenvalue weighted by atomic mass is 16.2. The Balaban J connectivity index is 1.89. The largest absolute Gasteiger partial charge is 0.303 e.